The minimum Gasteiger partial charge on any atom is -0.369 e. The van der Waals surface area contributed by atoms with Crippen molar-refractivity contribution in [2.24, 2.45) is 0 Å². The molecule has 2 heterocycles. The van der Waals surface area contributed by atoms with Crippen LogP contribution in [0.2, 0.25) is 10.0 Å². The molecule has 6 heteroatoms. The van der Waals surface area contributed by atoms with E-state index in [1.165, 1.54) is 0 Å². The summed E-state index contributed by atoms with van der Waals surface area (Å²) in [6.07, 6.45) is 4.17. The van der Waals surface area contributed by atoms with E-state index >= 15 is 0 Å². The Labute approximate surface area is 198 Å². The molecule has 3 aromatic rings. The highest BCUT2D eigenvalue weighted by Gasteiger charge is 2.29. The van der Waals surface area contributed by atoms with Gasteiger partial charge in [-0.15, -0.1) is 0 Å². The summed E-state index contributed by atoms with van der Waals surface area (Å²) in [5, 5.41) is 4.08. The number of hydrogen-bond donors (Lipinski definition) is 1. The monoisotopic (exact) mass is 468 g/mol. The van der Waals surface area contributed by atoms with Gasteiger partial charge in [-0.2, -0.15) is 0 Å². The number of carbonyl (C=O) groups excluding carboxylic acids is 1. The molecule has 0 amide bonds. The summed E-state index contributed by atoms with van der Waals surface area (Å²) < 4.78 is 1.71. The summed E-state index contributed by atoms with van der Waals surface area (Å²) in [7, 11) is 0. The highest BCUT2D eigenvalue weighted by atomic mass is 35.5. The molecule has 0 saturated carbocycles. The first kappa shape index (κ1) is 22.6. The molecule has 0 aliphatic carbocycles. The van der Waals surface area contributed by atoms with Crippen LogP contribution in [0.3, 0.4) is 0 Å². The van der Waals surface area contributed by atoms with Crippen molar-refractivity contribution in [3.8, 4) is 0 Å². The van der Waals surface area contributed by atoms with Crippen molar-refractivity contribution in [2.75, 3.05) is 11.9 Å². The molecule has 4 rings (SSSR count). The molecule has 1 aromatic heterocycles. The maximum atomic E-state index is 13.8. The zero-order valence-electron chi connectivity index (χ0n) is 18.1. The van der Waals surface area contributed by atoms with Gasteiger partial charge in [-0.05, 0) is 42.2 Å². The first-order valence-corrected chi connectivity index (χ1v) is 11.8. The average molecular weight is 469 g/mol. The first-order valence-electron chi connectivity index (χ1n) is 11.1. The quantitative estimate of drug-likeness (QED) is 0.319. The Morgan fingerprint density at radius 3 is 2.56 bits per heavy atom. The van der Waals surface area contributed by atoms with Crippen LogP contribution in [0.15, 0.2) is 53.3 Å². The van der Waals surface area contributed by atoms with Crippen LogP contribution < -0.4 is 10.9 Å². The number of rotatable bonds is 8. The second-order valence-electron chi connectivity index (χ2n) is 8.14. The van der Waals surface area contributed by atoms with Crippen molar-refractivity contribution in [3.63, 3.8) is 0 Å². The van der Waals surface area contributed by atoms with E-state index in [4.69, 9.17) is 23.2 Å². The molecule has 0 unspecified atom stereocenters. The average Bonchev–Trinajstić information content (AvgIpc) is 3.27. The van der Waals surface area contributed by atoms with Crippen LogP contribution in [0.5, 0.6) is 0 Å². The second-order valence-corrected chi connectivity index (χ2v) is 8.98. The van der Waals surface area contributed by atoms with Gasteiger partial charge in [-0.25, -0.2) is 0 Å². The standard InChI is InChI=1S/C26H26Cl2N2O2/c1-2-3-5-10-19-21(15-17-8-6-4-7-9-17)26(32)30-14-13-29-25(30)23(19)24(31)20-12-11-18(27)16-22(20)28/h4,6-9,11-12,16,29H,2-3,5,10,13-15H2,1H3. The number of fused-ring (bicyclic) bond motifs is 1. The molecule has 1 aliphatic rings. The van der Waals surface area contributed by atoms with Crippen molar-refractivity contribution in [2.45, 2.75) is 45.6 Å². The Bertz CT molecular complexity index is 1200. The molecule has 2 aromatic carbocycles. The molecule has 1 aliphatic heterocycles. The van der Waals surface area contributed by atoms with Gasteiger partial charge in [0.25, 0.3) is 5.56 Å². The molecule has 0 radical (unpaired) electrons. The second kappa shape index (κ2) is 9.93. The third-order valence-electron chi connectivity index (χ3n) is 5.96. The predicted octanol–water partition coefficient (Wildman–Crippen LogP) is 6.14. The molecule has 0 bridgehead atoms. The van der Waals surface area contributed by atoms with Gasteiger partial charge in [0.05, 0.1) is 10.6 Å². The van der Waals surface area contributed by atoms with Gasteiger partial charge in [0, 0.05) is 35.7 Å². The smallest absolute Gasteiger partial charge is 0.256 e. The molecule has 0 atom stereocenters. The Kier molecular flexibility index (Phi) is 7.02. The van der Waals surface area contributed by atoms with Crippen LogP contribution in [0.1, 0.15) is 58.8 Å². The lowest BCUT2D eigenvalue weighted by Gasteiger charge is -2.19. The zero-order chi connectivity index (χ0) is 22.7. The molecule has 4 nitrogen and oxygen atoms in total. The van der Waals surface area contributed by atoms with Crippen LogP contribution >= 0.6 is 23.2 Å². The molecular weight excluding hydrogens is 443 g/mol. The number of halogens is 2. The van der Waals surface area contributed by atoms with Gasteiger partial charge in [0.15, 0.2) is 5.78 Å². The maximum absolute atomic E-state index is 13.8. The number of benzene rings is 2. The van der Waals surface area contributed by atoms with E-state index < -0.39 is 0 Å². The lowest BCUT2D eigenvalue weighted by molar-refractivity contribution is 0.103. The summed E-state index contributed by atoms with van der Waals surface area (Å²) in [6, 6.07) is 14.9. The van der Waals surface area contributed by atoms with Crippen LogP contribution in [-0.4, -0.2) is 16.9 Å². The Balaban J connectivity index is 1.92. The number of ketones is 1. The van der Waals surface area contributed by atoms with Gasteiger partial charge in [-0.3, -0.25) is 14.2 Å². The van der Waals surface area contributed by atoms with E-state index in [0.29, 0.717) is 58.5 Å². The fourth-order valence-electron chi connectivity index (χ4n) is 4.37. The summed E-state index contributed by atoms with van der Waals surface area (Å²) >= 11 is 12.5. The highest BCUT2D eigenvalue weighted by Crippen LogP contribution is 2.32. The topological polar surface area (TPSA) is 51.1 Å². The summed E-state index contributed by atoms with van der Waals surface area (Å²) in [5.74, 6) is 0.431. The minimum absolute atomic E-state index is 0.0147. The summed E-state index contributed by atoms with van der Waals surface area (Å²) in [5.41, 5.74) is 3.54. The molecule has 0 fully saturated rings. The van der Waals surface area contributed by atoms with Gasteiger partial charge >= 0.3 is 0 Å². The normalized spacial score (nSPS) is 12.5. The van der Waals surface area contributed by atoms with E-state index in [-0.39, 0.29) is 11.3 Å². The van der Waals surface area contributed by atoms with Crippen molar-refractivity contribution >= 4 is 34.8 Å². The SMILES string of the molecule is CCCCCc1c(C(=O)c2ccc(Cl)cc2Cl)c2n(c(=O)c1Cc1ccccc1)CCN2. The summed E-state index contributed by atoms with van der Waals surface area (Å²) in [6.45, 7) is 3.30. The fraction of sp³-hybridized carbons (Fsp3) is 0.308. The Morgan fingerprint density at radius 2 is 1.84 bits per heavy atom. The predicted molar refractivity (Wildman–Crippen MR) is 132 cm³/mol. The van der Waals surface area contributed by atoms with Gasteiger partial charge in [-0.1, -0.05) is 73.3 Å². The lowest BCUT2D eigenvalue weighted by Crippen LogP contribution is -2.28. The van der Waals surface area contributed by atoms with E-state index in [0.717, 1.165) is 30.4 Å². The number of hydrogen-bond acceptors (Lipinski definition) is 3. The summed E-state index contributed by atoms with van der Waals surface area (Å²) in [4.78, 5) is 27.3. The van der Waals surface area contributed by atoms with E-state index in [1.807, 2.05) is 30.3 Å². The van der Waals surface area contributed by atoms with Crippen molar-refractivity contribution in [1.29, 1.82) is 0 Å². The van der Waals surface area contributed by atoms with Gasteiger partial charge in [0.2, 0.25) is 0 Å². The van der Waals surface area contributed by atoms with Crippen molar-refractivity contribution < 1.29 is 4.79 Å². The number of unbranched alkanes of at least 4 members (excludes halogenated alkanes) is 2. The lowest BCUT2D eigenvalue weighted by atomic mass is 9.89. The number of nitrogens with one attached hydrogen (secondary N) is 1. The molecule has 0 saturated heterocycles. The van der Waals surface area contributed by atoms with Gasteiger partial charge < -0.3 is 5.32 Å². The number of pyridine rings is 1. The number of nitrogens with zero attached hydrogens (tertiary/aromatic N) is 1. The van der Waals surface area contributed by atoms with Crippen LogP contribution in [0.4, 0.5) is 5.82 Å². The third kappa shape index (κ3) is 4.48. The zero-order valence-corrected chi connectivity index (χ0v) is 19.6. The molecule has 1 N–H and O–H groups in total. The number of aromatic nitrogens is 1. The molecule has 166 valence electrons. The molecular formula is C26H26Cl2N2O2. The number of anilines is 1. The molecule has 0 spiro atoms. The molecule has 32 heavy (non-hydrogen) atoms. The third-order valence-corrected chi connectivity index (χ3v) is 6.51. The first-order chi connectivity index (χ1) is 15.5. The van der Waals surface area contributed by atoms with Crippen molar-refractivity contribution in [1.82, 2.24) is 4.57 Å². The maximum Gasteiger partial charge on any atom is 0.256 e. The van der Waals surface area contributed by atoms with Crippen LogP contribution in [0.25, 0.3) is 0 Å². The van der Waals surface area contributed by atoms with E-state index in [2.05, 4.69) is 12.2 Å². The number of carbonyl (C=O) groups is 1. The minimum atomic E-state index is -0.175. The largest absolute Gasteiger partial charge is 0.369 e. The van der Waals surface area contributed by atoms with Crippen LogP contribution in [0, 0.1) is 0 Å². The highest BCUT2D eigenvalue weighted by molar-refractivity contribution is 6.37. The van der Waals surface area contributed by atoms with Crippen molar-refractivity contribution in [3.05, 3.63) is 96.7 Å². The fourth-order valence-corrected chi connectivity index (χ4v) is 4.86. The van der Waals surface area contributed by atoms with E-state index in [9.17, 15) is 9.59 Å². The van der Waals surface area contributed by atoms with E-state index in [1.54, 1.807) is 22.8 Å². The Morgan fingerprint density at radius 1 is 1.06 bits per heavy atom. The van der Waals surface area contributed by atoms with Crippen LogP contribution in [-0.2, 0) is 19.4 Å². The van der Waals surface area contributed by atoms with Gasteiger partial charge in [0.1, 0.15) is 5.82 Å². The Hall–Kier alpha value is -2.56.